The molecule has 0 saturated carbocycles. The number of ether oxygens (including phenoxy) is 2. The van der Waals surface area contributed by atoms with Crippen molar-refractivity contribution in [2.24, 2.45) is 5.16 Å². The van der Waals surface area contributed by atoms with Crippen LogP contribution in [0.4, 0.5) is 4.39 Å². The van der Waals surface area contributed by atoms with E-state index in [1.165, 1.54) is 12.1 Å². The molecule has 3 unspecified atom stereocenters. The van der Waals surface area contributed by atoms with Crippen molar-refractivity contribution in [3.05, 3.63) is 77.6 Å². The van der Waals surface area contributed by atoms with E-state index in [0.717, 1.165) is 34.1 Å². The van der Waals surface area contributed by atoms with E-state index in [0.29, 0.717) is 13.2 Å². The number of amidine groups is 1. The summed E-state index contributed by atoms with van der Waals surface area (Å²) >= 11 is 0. The number of aryl methyl sites for hydroxylation is 1. The summed E-state index contributed by atoms with van der Waals surface area (Å²) in [4.78, 5) is 12.6. The van der Waals surface area contributed by atoms with Gasteiger partial charge in [0.2, 0.25) is 5.72 Å². The second-order valence-electron chi connectivity index (χ2n) is 8.85. The van der Waals surface area contributed by atoms with Crippen LogP contribution in [-0.2, 0) is 9.57 Å². The van der Waals surface area contributed by atoms with Crippen molar-refractivity contribution < 1.29 is 18.7 Å². The standard InChI is InChI=1S/C25H25FN4O3/c1-4-31-21-11-17(7-10-19(21)29-12-15(2)27-14-29)22-23-24-28-33-25(22,3)30(24)20(13-32-23)16-5-8-18(26)9-6-16/h5-12,14,20,22-23H,4,13H2,1-3H3/t20?,22?,23?,25-/m1/s1. The zero-order valence-corrected chi connectivity index (χ0v) is 18.7. The number of rotatable bonds is 5. The average molecular weight is 448 g/mol. The van der Waals surface area contributed by atoms with Crippen molar-refractivity contribution in [3.8, 4) is 11.4 Å². The SMILES string of the molecule is CCOc1cc(C2C3OCC(c4ccc(F)cc4)N4C3=NO[C@]24C)ccc1-n1cnc(C)c1. The first-order valence-corrected chi connectivity index (χ1v) is 11.2. The minimum atomic E-state index is -0.716. The number of oxime groups is 1. The fraction of sp³-hybridized carbons (Fsp3) is 0.360. The number of hydrogen-bond acceptors (Lipinski definition) is 6. The number of morpholine rings is 1. The molecule has 0 amide bonds. The van der Waals surface area contributed by atoms with Crippen LogP contribution in [0.2, 0.25) is 0 Å². The first-order chi connectivity index (χ1) is 16.0. The zero-order chi connectivity index (χ0) is 22.7. The normalized spacial score (nSPS) is 27.5. The third kappa shape index (κ3) is 2.97. The largest absolute Gasteiger partial charge is 0.492 e. The number of aromatic nitrogens is 2. The lowest BCUT2D eigenvalue weighted by atomic mass is 9.87. The van der Waals surface area contributed by atoms with E-state index in [9.17, 15) is 4.39 Å². The Morgan fingerprint density at radius 2 is 1.97 bits per heavy atom. The molecule has 8 heteroatoms. The number of imidazole rings is 1. The third-order valence-electron chi connectivity index (χ3n) is 6.82. The quantitative estimate of drug-likeness (QED) is 0.582. The summed E-state index contributed by atoms with van der Waals surface area (Å²) in [5.41, 5.74) is 3.19. The topological polar surface area (TPSA) is 61.1 Å². The summed E-state index contributed by atoms with van der Waals surface area (Å²) in [5, 5.41) is 4.36. The highest BCUT2D eigenvalue weighted by molar-refractivity contribution is 5.93. The van der Waals surface area contributed by atoms with Gasteiger partial charge in [-0.2, -0.15) is 0 Å². The van der Waals surface area contributed by atoms with Gasteiger partial charge in [0.15, 0.2) is 5.84 Å². The van der Waals surface area contributed by atoms with Crippen LogP contribution < -0.4 is 4.74 Å². The van der Waals surface area contributed by atoms with Crippen LogP contribution in [-0.4, -0.2) is 45.3 Å². The summed E-state index contributed by atoms with van der Waals surface area (Å²) in [5.74, 6) is 1.22. The second kappa shape index (κ2) is 7.31. The maximum absolute atomic E-state index is 13.5. The van der Waals surface area contributed by atoms with E-state index in [2.05, 4.69) is 33.2 Å². The summed E-state index contributed by atoms with van der Waals surface area (Å²) in [6.45, 7) is 7.01. The van der Waals surface area contributed by atoms with E-state index in [1.807, 2.05) is 31.5 Å². The molecule has 4 bridgehead atoms. The van der Waals surface area contributed by atoms with E-state index < -0.39 is 5.72 Å². The molecule has 0 N–H and O–H groups in total. The highest BCUT2D eigenvalue weighted by atomic mass is 19.1. The lowest BCUT2D eigenvalue weighted by molar-refractivity contribution is -0.104. The molecular formula is C25H25FN4O3. The Balaban J connectivity index is 1.39. The van der Waals surface area contributed by atoms with Crippen LogP contribution in [0, 0.1) is 12.7 Å². The first kappa shape index (κ1) is 20.2. The summed E-state index contributed by atoms with van der Waals surface area (Å²) in [7, 11) is 0. The van der Waals surface area contributed by atoms with Crippen molar-refractivity contribution >= 4 is 5.84 Å². The molecule has 3 aliphatic heterocycles. The predicted molar refractivity (Wildman–Crippen MR) is 120 cm³/mol. The minimum Gasteiger partial charge on any atom is -0.492 e. The van der Waals surface area contributed by atoms with Crippen molar-refractivity contribution in [1.29, 1.82) is 0 Å². The van der Waals surface area contributed by atoms with Gasteiger partial charge in [0.05, 0.1) is 42.9 Å². The van der Waals surface area contributed by atoms with Gasteiger partial charge in [-0.3, -0.25) is 0 Å². The van der Waals surface area contributed by atoms with Crippen LogP contribution >= 0.6 is 0 Å². The smallest absolute Gasteiger partial charge is 0.218 e. The van der Waals surface area contributed by atoms with Gasteiger partial charge >= 0.3 is 0 Å². The van der Waals surface area contributed by atoms with Gasteiger partial charge in [-0.05, 0) is 56.2 Å². The number of nitrogens with zero attached hydrogens (tertiary/aromatic N) is 4. The highest BCUT2D eigenvalue weighted by Gasteiger charge is 2.66. The highest BCUT2D eigenvalue weighted by Crippen LogP contribution is 2.55. The Morgan fingerprint density at radius 3 is 2.70 bits per heavy atom. The summed E-state index contributed by atoms with van der Waals surface area (Å²) in [6, 6.07) is 12.7. The molecule has 2 fully saturated rings. The van der Waals surface area contributed by atoms with Crippen LogP contribution in [0.5, 0.6) is 5.75 Å². The lowest BCUT2D eigenvalue weighted by Crippen LogP contribution is -2.46. The van der Waals surface area contributed by atoms with Crippen molar-refractivity contribution in [2.45, 2.75) is 44.6 Å². The Kier molecular flexibility index (Phi) is 4.48. The van der Waals surface area contributed by atoms with Crippen LogP contribution in [0.15, 0.2) is 60.1 Å². The molecule has 2 saturated heterocycles. The fourth-order valence-corrected chi connectivity index (χ4v) is 5.37. The van der Waals surface area contributed by atoms with Gasteiger partial charge in [-0.15, -0.1) is 0 Å². The van der Waals surface area contributed by atoms with Crippen molar-refractivity contribution in [1.82, 2.24) is 14.5 Å². The summed E-state index contributed by atoms with van der Waals surface area (Å²) in [6.07, 6.45) is 3.55. The molecule has 33 heavy (non-hydrogen) atoms. The maximum atomic E-state index is 13.5. The van der Waals surface area contributed by atoms with Gasteiger partial charge in [-0.25, -0.2) is 9.37 Å². The molecule has 4 atom stereocenters. The average Bonchev–Trinajstić information content (AvgIpc) is 3.43. The molecule has 6 rings (SSSR count). The van der Waals surface area contributed by atoms with E-state index in [1.54, 1.807) is 18.5 Å². The predicted octanol–water partition coefficient (Wildman–Crippen LogP) is 4.32. The summed E-state index contributed by atoms with van der Waals surface area (Å²) < 4.78 is 27.8. The third-order valence-corrected chi connectivity index (χ3v) is 6.82. The molecule has 1 aromatic heterocycles. The monoisotopic (exact) mass is 448 g/mol. The second-order valence-corrected chi connectivity index (χ2v) is 8.85. The van der Waals surface area contributed by atoms with E-state index >= 15 is 0 Å². The maximum Gasteiger partial charge on any atom is 0.218 e. The van der Waals surface area contributed by atoms with Gasteiger partial charge in [-0.1, -0.05) is 23.4 Å². The Hall–Kier alpha value is -3.39. The Morgan fingerprint density at radius 1 is 1.18 bits per heavy atom. The molecule has 3 aliphatic rings. The van der Waals surface area contributed by atoms with Crippen LogP contribution in [0.3, 0.4) is 0 Å². The van der Waals surface area contributed by atoms with Crippen LogP contribution in [0.1, 0.15) is 42.6 Å². The Labute approximate surface area is 191 Å². The molecule has 0 radical (unpaired) electrons. The van der Waals surface area contributed by atoms with Gasteiger partial charge in [0.1, 0.15) is 17.7 Å². The van der Waals surface area contributed by atoms with Gasteiger partial charge in [0, 0.05) is 6.20 Å². The number of halogens is 1. The number of benzene rings is 2. The van der Waals surface area contributed by atoms with Gasteiger partial charge in [0.25, 0.3) is 0 Å². The van der Waals surface area contributed by atoms with Gasteiger partial charge < -0.3 is 23.8 Å². The molecule has 4 heterocycles. The molecule has 3 aromatic rings. The minimum absolute atomic E-state index is 0.0896. The van der Waals surface area contributed by atoms with E-state index in [-0.39, 0.29) is 23.9 Å². The molecular weight excluding hydrogens is 423 g/mol. The van der Waals surface area contributed by atoms with E-state index in [4.69, 9.17) is 14.3 Å². The van der Waals surface area contributed by atoms with Crippen molar-refractivity contribution in [3.63, 3.8) is 0 Å². The number of hydrogen-bond donors (Lipinski definition) is 0. The zero-order valence-electron chi connectivity index (χ0n) is 18.7. The molecule has 0 aliphatic carbocycles. The van der Waals surface area contributed by atoms with Crippen molar-refractivity contribution in [2.75, 3.05) is 13.2 Å². The van der Waals surface area contributed by atoms with Crippen LogP contribution in [0.25, 0.3) is 5.69 Å². The molecule has 7 nitrogen and oxygen atoms in total. The lowest BCUT2D eigenvalue weighted by Gasteiger charge is -2.37. The Bertz CT molecular complexity index is 1240. The fourth-order valence-electron chi connectivity index (χ4n) is 5.37. The molecule has 170 valence electrons. The first-order valence-electron chi connectivity index (χ1n) is 11.2. The molecule has 2 aromatic carbocycles. The molecule has 0 spiro atoms.